The molecular weight excluding hydrogens is 345 g/mol. The van der Waals surface area contributed by atoms with Gasteiger partial charge >= 0.3 is 5.69 Å². The monoisotopic (exact) mass is 357 g/mol. The van der Waals surface area contributed by atoms with Gasteiger partial charge in [-0.1, -0.05) is 13.3 Å². The molecule has 2 aromatic rings. The van der Waals surface area contributed by atoms with Gasteiger partial charge < -0.3 is 4.74 Å². The standard InChI is InChI=1S/C13H13BrFN3O3/c1-3-4-11-12(18(19)20)13(17(2)16-11)21-8-5-6-9(14)10(15)7-8/h5-7H,3-4H2,1-2H3. The van der Waals surface area contributed by atoms with Crippen molar-refractivity contribution >= 4 is 21.6 Å². The first-order valence-corrected chi connectivity index (χ1v) is 7.06. The van der Waals surface area contributed by atoms with Crippen LogP contribution in [0.3, 0.4) is 0 Å². The molecule has 0 spiro atoms. The highest BCUT2D eigenvalue weighted by atomic mass is 79.9. The van der Waals surface area contributed by atoms with Gasteiger partial charge in [0.2, 0.25) is 0 Å². The van der Waals surface area contributed by atoms with E-state index >= 15 is 0 Å². The Morgan fingerprint density at radius 3 is 2.81 bits per heavy atom. The first kappa shape index (κ1) is 15.4. The number of benzene rings is 1. The minimum absolute atomic E-state index is 0.00910. The maximum Gasteiger partial charge on any atom is 0.353 e. The molecule has 6 nitrogen and oxygen atoms in total. The molecule has 0 saturated carbocycles. The first-order valence-electron chi connectivity index (χ1n) is 6.27. The van der Waals surface area contributed by atoms with Gasteiger partial charge in [0.1, 0.15) is 17.3 Å². The number of halogens is 2. The van der Waals surface area contributed by atoms with Crippen molar-refractivity contribution in [2.45, 2.75) is 19.8 Å². The molecule has 2 rings (SSSR count). The molecule has 0 unspecified atom stereocenters. The zero-order valence-electron chi connectivity index (χ0n) is 11.5. The molecule has 1 aromatic heterocycles. The molecular formula is C13H13BrFN3O3. The van der Waals surface area contributed by atoms with Crippen LogP contribution in [0.5, 0.6) is 11.6 Å². The summed E-state index contributed by atoms with van der Waals surface area (Å²) < 4.78 is 20.5. The van der Waals surface area contributed by atoms with Crippen molar-refractivity contribution in [2.24, 2.45) is 7.05 Å². The van der Waals surface area contributed by atoms with Gasteiger partial charge in [-0.2, -0.15) is 5.10 Å². The first-order chi connectivity index (χ1) is 9.93. The fourth-order valence-electron chi connectivity index (χ4n) is 1.91. The number of aryl methyl sites for hydroxylation is 2. The van der Waals surface area contributed by atoms with Gasteiger partial charge in [-0.3, -0.25) is 10.1 Å². The van der Waals surface area contributed by atoms with Gasteiger partial charge in [0.25, 0.3) is 5.88 Å². The summed E-state index contributed by atoms with van der Waals surface area (Å²) in [6, 6.07) is 4.14. The summed E-state index contributed by atoms with van der Waals surface area (Å²) in [5.41, 5.74) is 0.181. The predicted molar refractivity (Wildman–Crippen MR) is 78.0 cm³/mol. The van der Waals surface area contributed by atoms with Crippen LogP contribution in [0.25, 0.3) is 0 Å². The van der Waals surface area contributed by atoms with E-state index in [2.05, 4.69) is 21.0 Å². The van der Waals surface area contributed by atoms with Crippen LogP contribution in [0.15, 0.2) is 22.7 Å². The molecule has 1 heterocycles. The van der Waals surface area contributed by atoms with Crippen molar-refractivity contribution < 1.29 is 14.1 Å². The van der Waals surface area contributed by atoms with Crippen LogP contribution in [0.2, 0.25) is 0 Å². The number of nitrogens with zero attached hydrogens (tertiary/aromatic N) is 3. The van der Waals surface area contributed by atoms with E-state index in [0.717, 1.165) is 12.5 Å². The Labute approximate surface area is 128 Å². The van der Waals surface area contributed by atoms with Crippen molar-refractivity contribution in [3.8, 4) is 11.6 Å². The van der Waals surface area contributed by atoms with Gasteiger partial charge in [-0.25, -0.2) is 9.07 Å². The lowest BCUT2D eigenvalue weighted by atomic mass is 10.2. The maximum atomic E-state index is 13.5. The van der Waals surface area contributed by atoms with Crippen molar-refractivity contribution in [1.82, 2.24) is 9.78 Å². The minimum atomic E-state index is -0.525. The smallest absolute Gasteiger partial charge is 0.353 e. The molecule has 0 saturated heterocycles. The van der Waals surface area contributed by atoms with E-state index in [1.165, 1.54) is 16.8 Å². The largest absolute Gasteiger partial charge is 0.434 e. The lowest BCUT2D eigenvalue weighted by molar-refractivity contribution is -0.386. The molecule has 0 aliphatic heterocycles. The molecule has 0 radical (unpaired) electrons. The molecule has 0 aliphatic rings. The highest BCUT2D eigenvalue weighted by Gasteiger charge is 2.28. The Balaban J connectivity index is 2.43. The van der Waals surface area contributed by atoms with Gasteiger partial charge in [-0.15, -0.1) is 0 Å². The molecule has 112 valence electrons. The second kappa shape index (κ2) is 6.21. The Morgan fingerprint density at radius 1 is 1.52 bits per heavy atom. The second-order valence-electron chi connectivity index (χ2n) is 4.41. The highest BCUT2D eigenvalue weighted by Crippen LogP contribution is 2.35. The molecule has 1 aromatic carbocycles. The van der Waals surface area contributed by atoms with Crippen LogP contribution in [-0.2, 0) is 13.5 Å². The lowest BCUT2D eigenvalue weighted by Gasteiger charge is -2.05. The maximum absolute atomic E-state index is 13.5. The zero-order chi connectivity index (χ0) is 15.6. The summed E-state index contributed by atoms with van der Waals surface area (Å²) in [7, 11) is 1.55. The lowest BCUT2D eigenvalue weighted by Crippen LogP contribution is -1.98. The summed E-state index contributed by atoms with van der Waals surface area (Å²) in [5, 5.41) is 15.3. The van der Waals surface area contributed by atoms with Crippen molar-refractivity contribution in [2.75, 3.05) is 0 Å². The molecule has 21 heavy (non-hydrogen) atoms. The van der Waals surface area contributed by atoms with Crippen LogP contribution in [0, 0.1) is 15.9 Å². The zero-order valence-corrected chi connectivity index (χ0v) is 13.1. The van der Waals surface area contributed by atoms with E-state index in [1.54, 1.807) is 7.05 Å². The molecule has 0 aliphatic carbocycles. The van der Waals surface area contributed by atoms with E-state index in [0.29, 0.717) is 16.6 Å². The number of nitro groups is 1. The van der Waals surface area contributed by atoms with Crippen molar-refractivity contribution in [3.05, 3.63) is 44.3 Å². The Bertz CT molecular complexity index is 688. The van der Waals surface area contributed by atoms with Gasteiger partial charge in [-0.05, 0) is 34.5 Å². The Morgan fingerprint density at radius 2 is 2.24 bits per heavy atom. The fraction of sp³-hybridized carbons (Fsp3) is 0.308. The number of ether oxygens (including phenoxy) is 1. The van der Waals surface area contributed by atoms with Crippen molar-refractivity contribution in [3.63, 3.8) is 0 Å². The minimum Gasteiger partial charge on any atom is -0.434 e. The SMILES string of the molecule is CCCc1nn(C)c(Oc2ccc(Br)c(F)c2)c1[N+](=O)[O-]. The normalized spacial score (nSPS) is 10.7. The molecule has 0 amide bonds. The summed E-state index contributed by atoms with van der Waals surface area (Å²) in [4.78, 5) is 10.7. The summed E-state index contributed by atoms with van der Waals surface area (Å²) in [5.74, 6) is -0.346. The van der Waals surface area contributed by atoms with Gasteiger partial charge in [0.05, 0.1) is 9.40 Å². The predicted octanol–water partition coefficient (Wildman–Crippen LogP) is 3.97. The van der Waals surface area contributed by atoms with Crippen LogP contribution in [0.1, 0.15) is 19.0 Å². The number of rotatable bonds is 5. The quantitative estimate of drug-likeness (QED) is 0.599. The van der Waals surface area contributed by atoms with Crippen LogP contribution < -0.4 is 4.74 Å². The summed E-state index contributed by atoms with van der Waals surface area (Å²) >= 11 is 3.04. The van der Waals surface area contributed by atoms with E-state index in [-0.39, 0.29) is 17.3 Å². The highest BCUT2D eigenvalue weighted by molar-refractivity contribution is 9.10. The van der Waals surface area contributed by atoms with E-state index in [1.807, 2.05) is 6.92 Å². The van der Waals surface area contributed by atoms with Crippen LogP contribution in [-0.4, -0.2) is 14.7 Å². The van der Waals surface area contributed by atoms with E-state index in [9.17, 15) is 14.5 Å². The number of hydrogen-bond donors (Lipinski definition) is 0. The topological polar surface area (TPSA) is 70.2 Å². The van der Waals surface area contributed by atoms with Crippen LogP contribution >= 0.6 is 15.9 Å². The van der Waals surface area contributed by atoms with Gasteiger partial charge in [0, 0.05) is 13.1 Å². The molecule has 0 bridgehead atoms. The average Bonchev–Trinajstić information content (AvgIpc) is 2.71. The fourth-order valence-corrected chi connectivity index (χ4v) is 2.15. The summed E-state index contributed by atoms with van der Waals surface area (Å²) in [6.45, 7) is 1.91. The third-order valence-corrected chi connectivity index (χ3v) is 3.46. The third kappa shape index (κ3) is 3.21. The Kier molecular flexibility index (Phi) is 4.56. The average molecular weight is 358 g/mol. The van der Waals surface area contributed by atoms with E-state index < -0.39 is 10.7 Å². The Hall–Kier alpha value is -1.96. The number of aromatic nitrogens is 2. The number of hydrogen-bond acceptors (Lipinski definition) is 4. The van der Waals surface area contributed by atoms with Crippen LogP contribution in [0.4, 0.5) is 10.1 Å². The molecule has 8 heteroatoms. The molecule has 0 N–H and O–H groups in total. The third-order valence-electron chi connectivity index (χ3n) is 2.82. The van der Waals surface area contributed by atoms with E-state index in [4.69, 9.17) is 4.74 Å². The molecule has 0 fully saturated rings. The van der Waals surface area contributed by atoms with Crippen molar-refractivity contribution in [1.29, 1.82) is 0 Å². The second-order valence-corrected chi connectivity index (χ2v) is 5.26. The van der Waals surface area contributed by atoms with Gasteiger partial charge in [0.15, 0.2) is 0 Å². The summed E-state index contributed by atoms with van der Waals surface area (Å²) in [6.07, 6.45) is 1.20. The molecule has 0 atom stereocenters.